The summed E-state index contributed by atoms with van der Waals surface area (Å²) >= 11 is 0. The normalized spacial score (nSPS) is 11.0. The lowest BCUT2D eigenvalue weighted by atomic mass is 10.2. The zero-order valence-electron chi connectivity index (χ0n) is 12.9. The van der Waals surface area contributed by atoms with Crippen molar-refractivity contribution < 1.29 is 18.0 Å². The standard InChI is InChI=1S/C15H17F3N4O.ClH/c1-10-8-13(20-14(23)6-3-7-19)22(21-10)12-5-2-4-11(9-12)15(16,17)18;/h2,4-5,8-9H,3,6-7,19H2,1H3,(H,20,23);1H. The summed E-state index contributed by atoms with van der Waals surface area (Å²) in [5.41, 5.74) is 5.38. The zero-order chi connectivity index (χ0) is 17.0. The molecular formula is C15H18ClF3N4O. The molecule has 0 saturated heterocycles. The van der Waals surface area contributed by atoms with Crippen LogP contribution in [0.5, 0.6) is 0 Å². The Morgan fingerprint density at radius 2 is 2.04 bits per heavy atom. The number of amides is 1. The molecule has 0 aliphatic heterocycles. The van der Waals surface area contributed by atoms with E-state index in [9.17, 15) is 18.0 Å². The predicted molar refractivity (Wildman–Crippen MR) is 87.5 cm³/mol. The Bertz CT molecular complexity index is 700. The first-order valence-electron chi connectivity index (χ1n) is 7.05. The average molecular weight is 363 g/mol. The molecule has 2 rings (SSSR count). The molecule has 24 heavy (non-hydrogen) atoms. The van der Waals surface area contributed by atoms with E-state index in [1.807, 2.05) is 0 Å². The summed E-state index contributed by atoms with van der Waals surface area (Å²) in [4.78, 5) is 11.8. The van der Waals surface area contributed by atoms with Gasteiger partial charge in [-0.2, -0.15) is 18.3 Å². The lowest BCUT2D eigenvalue weighted by molar-refractivity contribution is -0.137. The van der Waals surface area contributed by atoms with Gasteiger partial charge in [-0.05, 0) is 38.1 Å². The van der Waals surface area contributed by atoms with Crippen molar-refractivity contribution in [1.82, 2.24) is 9.78 Å². The van der Waals surface area contributed by atoms with Crippen LogP contribution in [-0.4, -0.2) is 22.2 Å². The summed E-state index contributed by atoms with van der Waals surface area (Å²) in [5, 5.41) is 6.79. The molecule has 0 aliphatic carbocycles. The quantitative estimate of drug-likeness (QED) is 0.857. The first kappa shape index (κ1) is 20.0. The third kappa shape index (κ3) is 4.97. The maximum Gasteiger partial charge on any atom is 0.416 e. The molecule has 2 aromatic rings. The molecule has 0 radical (unpaired) electrons. The maximum atomic E-state index is 12.8. The topological polar surface area (TPSA) is 72.9 Å². The van der Waals surface area contributed by atoms with Crippen molar-refractivity contribution in [3.05, 3.63) is 41.6 Å². The molecule has 0 bridgehead atoms. The van der Waals surface area contributed by atoms with Crippen molar-refractivity contribution in [2.45, 2.75) is 25.9 Å². The lowest BCUT2D eigenvalue weighted by Gasteiger charge is -2.11. The zero-order valence-corrected chi connectivity index (χ0v) is 13.7. The summed E-state index contributed by atoms with van der Waals surface area (Å²) < 4.78 is 39.8. The van der Waals surface area contributed by atoms with Crippen LogP contribution in [0, 0.1) is 6.92 Å². The number of benzene rings is 1. The molecule has 0 unspecified atom stereocenters. The Balaban J connectivity index is 0.00000288. The monoisotopic (exact) mass is 362 g/mol. The largest absolute Gasteiger partial charge is 0.416 e. The van der Waals surface area contributed by atoms with Crippen LogP contribution in [0.1, 0.15) is 24.1 Å². The summed E-state index contributed by atoms with van der Waals surface area (Å²) in [6, 6.07) is 6.37. The fourth-order valence-electron chi connectivity index (χ4n) is 2.07. The molecule has 0 atom stereocenters. The van der Waals surface area contributed by atoms with Crippen LogP contribution in [0.25, 0.3) is 5.69 Å². The van der Waals surface area contributed by atoms with Crippen molar-refractivity contribution in [2.24, 2.45) is 5.73 Å². The molecule has 0 fully saturated rings. The molecule has 0 spiro atoms. The Morgan fingerprint density at radius 3 is 2.67 bits per heavy atom. The summed E-state index contributed by atoms with van der Waals surface area (Å²) in [6.45, 7) is 2.08. The minimum atomic E-state index is -4.44. The number of anilines is 1. The van der Waals surface area contributed by atoms with Gasteiger partial charge in [0.1, 0.15) is 5.82 Å². The van der Waals surface area contributed by atoms with E-state index in [1.54, 1.807) is 13.0 Å². The molecule has 3 N–H and O–H groups in total. The van der Waals surface area contributed by atoms with Gasteiger partial charge in [-0.15, -0.1) is 12.4 Å². The van der Waals surface area contributed by atoms with E-state index in [4.69, 9.17) is 5.73 Å². The van der Waals surface area contributed by atoms with Crippen molar-refractivity contribution >= 4 is 24.1 Å². The minimum Gasteiger partial charge on any atom is -0.330 e. The molecule has 5 nitrogen and oxygen atoms in total. The fourth-order valence-corrected chi connectivity index (χ4v) is 2.07. The summed E-state index contributed by atoms with van der Waals surface area (Å²) in [7, 11) is 0. The molecule has 0 saturated carbocycles. The summed E-state index contributed by atoms with van der Waals surface area (Å²) in [5.74, 6) is 0.0624. The van der Waals surface area contributed by atoms with Crippen LogP contribution in [0.4, 0.5) is 19.0 Å². The number of carbonyl (C=O) groups is 1. The van der Waals surface area contributed by atoms with Crippen molar-refractivity contribution in [2.75, 3.05) is 11.9 Å². The Morgan fingerprint density at radius 1 is 1.33 bits per heavy atom. The van der Waals surface area contributed by atoms with E-state index in [0.29, 0.717) is 24.5 Å². The van der Waals surface area contributed by atoms with Crippen LogP contribution < -0.4 is 11.1 Å². The van der Waals surface area contributed by atoms with Gasteiger partial charge < -0.3 is 11.1 Å². The van der Waals surface area contributed by atoms with Gasteiger partial charge in [0.2, 0.25) is 5.91 Å². The second-order valence-electron chi connectivity index (χ2n) is 5.07. The Hall–Kier alpha value is -2.06. The number of hydrogen-bond acceptors (Lipinski definition) is 3. The van der Waals surface area contributed by atoms with Gasteiger partial charge in [-0.25, -0.2) is 4.68 Å². The van der Waals surface area contributed by atoms with E-state index >= 15 is 0 Å². The molecule has 132 valence electrons. The van der Waals surface area contributed by atoms with Gasteiger partial charge in [0, 0.05) is 12.5 Å². The number of nitrogens with two attached hydrogens (primary N) is 1. The van der Waals surface area contributed by atoms with Crippen LogP contribution in [0.2, 0.25) is 0 Å². The molecule has 1 amide bonds. The highest BCUT2D eigenvalue weighted by atomic mass is 35.5. The number of hydrogen-bond donors (Lipinski definition) is 2. The number of alkyl halides is 3. The molecule has 1 aromatic heterocycles. The molecule has 1 heterocycles. The Kier molecular flexibility index (Phi) is 6.80. The first-order chi connectivity index (χ1) is 10.8. The van der Waals surface area contributed by atoms with E-state index in [-0.39, 0.29) is 30.4 Å². The van der Waals surface area contributed by atoms with Gasteiger partial charge in [-0.1, -0.05) is 6.07 Å². The number of halogens is 4. The Labute approximate surface area is 143 Å². The van der Waals surface area contributed by atoms with Gasteiger partial charge in [0.05, 0.1) is 16.9 Å². The third-order valence-corrected chi connectivity index (χ3v) is 3.13. The number of rotatable bonds is 5. The highest BCUT2D eigenvalue weighted by Gasteiger charge is 2.30. The second kappa shape index (κ2) is 8.16. The fraction of sp³-hybridized carbons (Fsp3) is 0.333. The highest BCUT2D eigenvalue weighted by molar-refractivity contribution is 5.90. The van der Waals surface area contributed by atoms with Gasteiger partial charge in [-0.3, -0.25) is 4.79 Å². The van der Waals surface area contributed by atoms with Crippen LogP contribution in [-0.2, 0) is 11.0 Å². The predicted octanol–water partition coefficient (Wildman–Crippen LogP) is 3.30. The summed E-state index contributed by atoms with van der Waals surface area (Å²) in [6.07, 6.45) is -3.67. The number of nitrogens with one attached hydrogen (secondary N) is 1. The van der Waals surface area contributed by atoms with E-state index in [1.165, 1.54) is 16.8 Å². The molecular weight excluding hydrogens is 345 g/mol. The lowest BCUT2D eigenvalue weighted by Crippen LogP contribution is -2.16. The second-order valence-corrected chi connectivity index (χ2v) is 5.07. The van der Waals surface area contributed by atoms with Gasteiger partial charge in [0.15, 0.2) is 0 Å². The van der Waals surface area contributed by atoms with E-state index in [2.05, 4.69) is 10.4 Å². The van der Waals surface area contributed by atoms with E-state index < -0.39 is 11.7 Å². The van der Waals surface area contributed by atoms with Gasteiger partial charge >= 0.3 is 6.18 Å². The van der Waals surface area contributed by atoms with Crippen molar-refractivity contribution in [3.8, 4) is 5.69 Å². The smallest absolute Gasteiger partial charge is 0.330 e. The maximum absolute atomic E-state index is 12.8. The van der Waals surface area contributed by atoms with Crippen LogP contribution >= 0.6 is 12.4 Å². The molecule has 1 aromatic carbocycles. The average Bonchev–Trinajstić information content (AvgIpc) is 2.85. The minimum absolute atomic E-state index is 0. The van der Waals surface area contributed by atoms with Crippen molar-refractivity contribution in [3.63, 3.8) is 0 Å². The van der Waals surface area contributed by atoms with Crippen LogP contribution in [0.15, 0.2) is 30.3 Å². The number of nitrogens with zero attached hydrogens (tertiary/aromatic N) is 2. The van der Waals surface area contributed by atoms with E-state index in [0.717, 1.165) is 12.1 Å². The molecule has 9 heteroatoms. The van der Waals surface area contributed by atoms with Crippen molar-refractivity contribution in [1.29, 1.82) is 0 Å². The number of aromatic nitrogens is 2. The third-order valence-electron chi connectivity index (χ3n) is 3.13. The van der Waals surface area contributed by atoms with Crippen LogP contribution in [0.3, 0.4) is 0 Å². The number of aryl methyl sites for hydroxylation is 1. The highest BCUT2D eigenvalue weighted by Crippen LogP contribution is 2.31. The number of carbonyl (C=O) groups excluding carboxylic acids is 1. The first-order valence-corrected chi connectivity index (χ1v) is 7.05. The van der Waals surface area contributed by atoms with Gasteiger partial charge in [0.25, 0.3) is 0 Å². The SMILES string of the molecule is Cc1cc(NC(=O)CCCN)n(-c2cccc(C(F)(F)F)c2)n1.Cl. The molecule has 0 aliphatic rings.